The number of guanidine groups is 1. The topological polar surface area (TPSA) is 80.2 Å². The maximum Gasteiger partial charge on any atom is 0.243 e. The van der Waals surface area contributed by atoms with Crippen LogP contribution >= 0.6 is 24.0 Å². The Morgan fingerprint density at radius 1 is 1.10 bits per heavy atom. The molecule has 7 nitrogen and oxygen atoms in total. The van der Waals surface area contributed by atoms with E-state index in [1.54, 1.807) is 19.2 Å². The highest BCUT2D eigenvalue weighted by atomic mass is 127. The van der Waals surface area contributed by atoms with Crippen LogP contribution in [0.1, 0.15) is 0 Å². The summed E-state index contributed by atoms with van der Waals surface area (Å²) < 4.78 is 12.9. The maximum atomic E-state index is 12.9. The van der Waals surface area contributed by atoms with E-state index in [9.17, 15) is 14.3 Å². The standard InChI is InChI=1S/C20H24FN5O2.HI/c1-22-20(23-14-19(28)24-16-8-6-15(21)7-9-16)26-12-10-25(11-13-26)17-4-2-3-5-18(17)27;/h2-9,27H,10-14H2,1H3,(H,22,23)(H,24,28);1H. The highest BCUT2D eigenvalue weighted by molar-refractivity contribution is 14.0. The molecule has 1 heterocycles. The molecule has 2 aromatic carbocycles. The minimum Gasteiger partial charge on any atom is -0.506 e. The van der Waals surface area contributed by atoms with Gasteiger partial charge in [-0.05, 0) is 36.4 Å². The number of rotatable bonds is 4. The number of anilines is 2. The van der Waals surface area contributed by atoms with E-state index in [2.05, 4.69) is 25.4 Å². The molecule has 0 unspecified atom stereocenters. The predicted octanol–water partition coefficient (Wildman–Crippen LogP) is 2.49. The van der Waals surface area contributed by atoms with Crippen LogP contribution < -0.4 is 15.5 Å². The number of aromatic hydroxyl groups is 1. The molecule has 1 aliphatic heterocycles. The van der Waals surface area contributed by atoms with Gasteiger partial charge in [-0.1, -0.05) is 12.1 Å². The lowest BCUT2D eigenvalue weighted by atomic mass is 10.2. The lowest BCUT2D eigenvalue weighted by Crippen LogP contribution is -2.53. The summed E-state index contributed by atoms with van der Waals surface area (Å²) in [4.78, 5) is 20.5. The first-order chi connectivity index (χ1) is 13.6. The van der Waals surface area contributed by atoms with E-state index in [1.807, 2.05) is 12.1 Å². The van der Waals surface area contributed by atoms with Crippen molar-refractivity contribution in [2.24, 2.45) is 4.99 Å². The average Bonchev–Trinajstić information content (AvgIpc) is 2.71. The molecule has 1 amide bonds. The third-order valence-electron chi connectivity index (χ3n) is 4.55. The monoisotopic (exact) mass is 513 g/mol. The van der Waals surface area contributed by atoms with Crippen LogP contribution in [0.25, 0.3) is 0 Å². The number of hydrogen-bond donors (Lipinski definition) is 3. The summed E-state index contributed by atoms with van der Waals surface area (Å²) in [7, 11) is 1.68. The molecule has 0 aliphatic carbocycles. The van der Waals surface area contributed by atoms with Gasteiger partial charge in [-0.2, -0.15) is 0 Å². The van der Waals surface area contributed by atoms with Crippen LogP contribution in [0.2, 0.25) is 0 Å². The molecular weight excluding hydrogens is 488 g/mol. The van der Waals surface area contributed by atoms with Gasteiger partial charge >= 0.3 is 0 Å². The fourth-order valence-corrected chi connectivity index (χ4v) is 3.12. The molecule has 2 aromatic rings. The fraction of sp³-hybridized carbons (Fsp3) is 0.300. The first-order valence-electron chi connectivity index (χ1n) is 9.11. The lowest BCUT2D eigenvalue weighted by molar-refractivity contribution is -0.115. The first kappa shape index (κ1) is 22.7. The van der Waals surface area contributed by atoms with E-state index >= 15 is 0 Å². The Bertz CT molecular complexity index is 839. The van der Waals surface area contributed by atoms with Crippen molar-refractivity contribution in [3.63, 3.8) is 0 Å². The summed E-state index contributed by atoms with van der Waals surface area (Å²) in [6.07, 6.45) is 0. The molecule has 9 heteroatoms. The van der Waals surface area contributed by atoms with Crippen molar-refractivity contribution >= 4 is 47.2 Å². The van der Waals surface area contributed by atoms with Gasteiger partial charge in [0.25, 0.3) is 0 Å². The number of carbonyl (C=O) groups is 1. The summed E-state index contributed by atoms with van der Waals surface area (Å²) in [5.41, 5.74) is 1.36. The first-order valence-corrected chi connectivity index (χ1v) is 9.11. The van der Waals surface area contributed by atoms with Gasteiger partial charge in [0.2, 0.25) is 5.91 Å². The van der Waals surface area contributed by atoms with Gasteiger partial charge in [-0.15, -0.1) is 24.0 Å². The highest BCUT2D eigenvalue weighted by Gasteiger charge is 2.21. The molecule has 1 fully saturated rings. The largest absolute Gasteiger partial charge is 0.506 e. The van der Waals surface area contributed by atoms with Crippen LogP contribution in [0.5, 0.6) is 5.75 Å². The van der Waals surface area contributed by atoms with Gasteiger partial charge in [0, 0.05) is 38.9 Å². The summed E-state index contributed by atoms with van der Waals surface area (Å²) in [6.45, 7) is 2.96. The zero-order valence-corrected chi connectivity index (χ0v) is 18.5. The molecule has 29 heavy (non-hydrogen) atoms. The molecule has 156 valence electrons. The van der Waals surface area contributed by atoms with Crippen LogP contribution in [-0.2, 0) is 4.79 Å². The van der Waals surface area contributed by atoms with Crippen molar-refractivity contribution in [3.8, 4) is 5.75 Å². The van der Waals surface area contributed by atoms with E-state index in [-0.39, 0.29) is 48.0 Å². The van der Waals surface area contributed by atoms with E-state index in [0.29, 0.717) is 24.7 Å². The van der Waals surface area contributed by atoms with Crippen molar-refractivity contribution in [2.75, 3.05) is 50.0 Å². The minimum atomic E-state index is -0.348. The average molecular weight is 513 g/mol. The smallest absolute Gasteiger partial charge is 0.243 e. The van der Waals surface area contributed by atoms with Crippen molar-refractivity contribution in [1.29, 1.82) is 0 Å². The molecule has 0 spiro atoms. The number of phenolic OH excluding ortho intramolecular Hbond substituents is 1. The summed E-state index contributed by atoms with van der Waals surface area (Å²) in [6, 6.07) is 12.9. The van der Waals surface area contributed by atoms with Crippen LogP contribution in [0.15, 0.2) is 53.5 Å². The normalized spacial score (nSPS) is 14.2. The molecule has 0 aromatic heterocycles. The number of nitrogens with one attached hydrogen (secondary N) is 2. The third-order valence-corrected chi connectivity index (χ3v) is 4.55. The van der Waals surface area contributed by atoms with Crippen LogP contribution in [0, 0.1) is 5.82 Å². The maximum absolute atomic E-state index is 12.9. The molecule has 1 aliphatic rings. The summed E-state index contributed by atoms with van der Waals surface area (Å²) >= 11 is 0. The number of halogens is 2. The van der Waals surface area contributed by atoms with E-state index in [1.165, 1.54) is 24.3 Å². The van der Waals surface area contributed by atoms with Crippen LogP contribution in [0.4, 0.5) is 15.8 Å². The van der Waals surface area contributed by atoms with Gasteiger partial charge in [-0.25, -0.2) is 4.39 Å². The Labute approximate surface area is 186 Å². The van der Waals surface area contributed by atoms with Crippen LogP contribution in [0.3, 0.4) is 0 Å². The highest BCUT2D eigenvalue weighted by Crippen LogP contribution is 2.27. The molecule has 0 atom stereocenters. The second-order valence-corrected chi connectivity index (χ2v) is 6.42. The molecule has 0 saturated carbocycles. The number of piperazine rings is 1. The second-order valence-electron chi connectivity index (χ2n) is 6.42. The number of aliphatic imine (C=N–C) groups is 1. The number of para-hydroxylation sites is 2. The number of phenols is 1. The number of nitrogens with zero attached hydrogens (tertiary/aromatic N) is 3. The van der Waals surface area contributed by atoms with E-state index < -0.39 is 0 Å². The summed E-state index contributed by atoms with van der Waals surface area (Å²) in [5, 5.41) is 15.8. The van der Waals surface area contributed by atoms with Gasteiger partial charge in [0.05, 0.1) is 12.2 Å². The van der Waals surface area contributed by atoms with E-state index in [4.69, 9.17) is 0 Å². The SMILES string of the molecule is CN=C(NCC(=O)Nc1ccc(F)cc1)N1CCN(c2ccccc2O)CC1.I. The van der Waals surface area contributed by atoms with Gasteiger partial charge in [-0.3, -0.25) is 9.79 Å². The molecule has 1 saturated heterocycles. The molecule has 0 bridgehead atoms. The van der Waals surface area contributed by atoms with Crippen molar-refractivity contribution < 1.29 is 14.3 Å². The Balaban J connectivity index is 0.00000300. The number of hydrogen-bond acceptors (Lipinski definition) is 4. The zero-order valence-electron chi connectivity index (χ0n) is 16.1. The Morgan fingerprint density at radius 2 is 1.76 bits per heavy atom. The molecule has 3 rings (SSSR count). The Morgan fingerprint density at radius 3 is 2.38 bits per heavy atom. The van der Waals surface area contributed by atoms with Gasteiger partial charge in [0.15, 0.2) is 5.96 Å². The zero-order chi connectivity index (χ0) is 19.9. The minimum absolute atomic E-state index is 0. The number of carbonyl (C=O) groups excluding carboxylic acids is 1. The van der Waals surface area contributed by atoms with Crippen LogP contribution in [-0.4, -0.2) is 61.6 Å². The van der Waals surface area contributed by atoms with Gasteiger partial charge in [0.1, 0.15) is 11.6 Å². The second kappa shape index (κ2) is 10.8. The summed E-state index contributed by atoms with van der Waals surface area (Å²) in [5.74, 6) is 0.335. The fourth-order valence-electron chi connectivity index (χ4n) is 3.12. The van der Waals surface area contributed by atoms with Crippen molar-refractivity contribution in [1.82, 2.24) is 10.2 Å². The number of benzene rings is 2. The number of amides is 1. The van der Waals surface area contributed by atoms with Gasteiger partial charge < -0.3 is 25.5 Å². The Kier molecular flexibility index (Phi) is 8.50. The predicted molar refractivity (Wildman–Crippen MR) is 124 cm³/mol. The molecular formula is C20H25FIN5O2. The molecule has 3 N–H and O–H groups in total. The lowest BCUT2D eigenvalue weighted by Gasteiger charge is -2.37. The quantitative estimate of drug-likeness (QED) is 0.333. The van der Waals surface area contributed by atoms with Crippen molar-refractivity contribution in [3.05, 3.63) is 54.3 Å². The molecule has 0 radical (unpaired) electrons. The van der Waals surface area contributed by atoms with Crippen molar-refractivity contribution in [2.45, 2.75) is 0 Å². The van der Waals surface area contributed by atoms with E-state index in [0.717, 1.165) is 18.8 Å². The third kappa shape index (κ3) is 6.21. The Hall–Kier alpha value is -2.56.